The van der Waals surface area contributed by atoms with E-state index in [-0.39, 0.29) is 0 Å². The Morgan fingerprint density at radius 1 is 0.893 bits per heavy atom. The summed E-state index contributed by atoms with van der Waals surface area (Å²) in [6.45, 7) is 5.80. The average molecular weight is 397 g/mol. The number of thioether (sulfide) groups is 1. The number of benzene rings is 2. The van der Waals surface area contributed by atoms with Gasteiger partial charge in [-0.3, -0.25) is 4.90 Å². The lowest BCUT2D eigenvalue weighted by Gasteiger charge is -2.29. The maximum absolute atomic E-state index is 5.80. The summed E-state index contributed by atoms with van der Waals surface area (Å²) in [7, 11) is 0. The molecule has 1 atom stereocenters. The van der Waals surface area contributed by atoms with Crippen LogP contribution < -0.4 is 14.4 Å². The Kier molecular flexibility index (Phi) is 5.37. The van der Waals surface area contributed by atoms with E-state index in [4.69, 9.17) is 9.47 Å². The van der Waals surface area contributed by atoms with Crippen LogP contribution in [0.4, 0.5) is 5.69 Å². The fourth-order valence-corrected chi connectivity index (χ4v) is 5.43. The Morgan fingerprint density at radius 2 is 1.68 bits per heavy atom. The SMILES string of the molecule is c1cc(N2CCSCC2)ccc1CN1CCCC1c1ccc2c(c1)OCCO2. The number of hydrogen-bond acceptors (Lipinski definition) is 5. The minimum absolute atomic E-state index is 0.467. The van der Waals surface area contributed by atoms with E-state index in [1.165, 1.54) is 54.3 Å². The molecule has 148 valence electrons. The van der Waals surface area contributed by atoms with Crippen LogP contribution in [0.1, 0.15) is 30.0 Å². The molecule has 0 saturated carbocycles. The van der Waals surface area contributed by atoms with Crippen LogP contribution >= 0.6 is 11.8 Å². The van der Waals surface area contributed by atoms with Gasteiger partial charge in [-0.15, -0.1) is 0 Å². The molecule has 0 aromatic heterocycles. The van der Waals surface area contributed by atoms with Crippen molar-refractivity contribution in [2.75, 3.05) is 49.3 Å². The van der Waals surface area contributed by atoms with Crippen molar-refractivity contribution >= 4 is 17.4 Å². The predicted molar refractivity (Wildman–Crippen MR) is 116 cm³/mol. The largest absolute Gasteiger partial charge is 0.486 e. The number of hydrogen-bond donors (Lipinski definition) is 0. The van der Waals surface area contributed by atoms with Gasteiger partial charge in [0.05, 0.1) is 0 Å². The van der Waals surface area contributed by atoms with Gasteiger partial charge < -0.3 is 14.4 Å². The maximum Gasteiger partial charge on any atom is 0.161 e. The second-order valence-corrected chi connectivity index (χ2v) is 9.02. The number of rotatable bonds is 4. The zero-order chi connectivity index (χ0) is 18.8. The molecule has 5 rings (SSSR count). The Bertz CT molecular complexity index is 805. The Morgan fingerprint density at radius 3 is 2.50 bits per heavy atom. The zero-order valence-corrected chi connectivity index (χ0v) is 17.1. The summed E-state index contributed by atoms with van der Waals surface area (Å²) in [5.74, 6) is 4.27. The van der Waals surface area contributed by atoms with E-state index >= 15 is 0 Å². The minimum Gasteiger partial charge on any atom is -0.486 e. The molecule has 2 fully saturated rings. The molecule has 28 heavy (non-hydrogen) atoms. The Balaban J connectivity index is 1.28. The summed E-state index contributed by atoms with van der Waals surface area (Å²) in [6, 6.07) is 16.2. The Labute approximate surface area is 171 Å². The van der Waals surface area contributed by atoms with Gasteiger partial charge in [0.25, 0.3) is 0 Å². The second kappa shape index (κ2) is 8.26. The first-order valence-corrected chi connectivity index (χ1v) is 11.6. The number of anilines is 1. The van der Waals surface area contributed by atoms with Crippen molar-refractivity contribution in [3.8, 4) is 11.5 Å². The summed E-state index contributed by atoms with van der Waals surface area (Å²) >= 11 is 2.06. The lowest BCUT2D eigenvalue weighted by atomic mass is 10.0. The van der Waals surface area contributed by atoms with E-state index in [9.17, 15) is 0 Å². The maximum atomic E-state index is 5.80. The van der Waals surface area contributed by atoms with Gasteiger partial charge in [-0.05, 0) is 54.8 Å². The van der Waals surface area contributed by atoms with Crippen molar-refractivity contribution in [2.45, 2.75) is 25.4 Å². The third-order valence-electron chi connectivity index (χ3n) is 6.01. The Hall–Kier alpha value is -1.85. The first-order valence-electron chi connectivity index (χ1n) is 10.4. The molecule has 0 aliphatic carbocycles. The molecule has 5 heteroatoms. The van der Waals surface area contributed by atoms with Crippen LogP contribution in [0, 0.1) is 0 Å². The van der Waals surface area contributed by atoms with Gasteiger partial charge in [0.15, 0.2) is 11.5 Å². The first kappa shape index (κ1) is 18.2. The normalized spacial score (nSPS) is 22.4. The summed E-state index contributed by atoms with van der Waals surface area (Å²) in [6.07, 6.45) is 2.46. The number of ether oxygens (including phenoxy) is 2. The van der Waals surface area contributed by atoms with Crippen molar-refractivity contribution in [3.63, 3.8) is 0 Å². The molecule has 3 aliphatic rings. The highest BCUT2D eigenvalue weighted by Crippen LogP contribution is 2.38. The molecule has 0 N–H and O–H groups in total. The molecule has 2 aromatic rings. The van der Waals surface area contributed by atoms with E-state index in [1.54, 1.807) is 0 Å². The van der Waals surface area contributed by atoms with Crippen molar-refractivity contribution in [2.24, 2.45) is 0 Å². The van der Waals surface area contributed by atoms with E-state index in [2.05, 4.69) is 64.0 Å². The van der Waals surface area contributed by atoms with Crippen LogP contribution in [-0.2, 0) is 6.54 Å². The molecule has 0 amide bonds. The second-order valence-electron chi connectivity index (χ2n) is 7.80. The van der Waals surface area contributed by atoms with Crippen LogP contribution in [0.2, 0.25) is 0 Å². The molecule has 0 spiro atoms. The molecular formula is C23H28N2O2S. The number of nitrogens with zero attached hydrogens (tertiary/aromatic N) is 2. The summed E-state index contributed by atoms with van der Waals surface area (Å²) < 4.78 is 11.5. The standard InChI is InChI=1S/C23H28N2O2S/c1-2-21(19-5-8-22-23(16-19)27-13-12-26-22)25(9-1)17-18-3-6-20(7-4-18)24-10-14-28-15-11-24/h3-8,16,21H,1-2,9-15,17H2. The average Bonchev–Trinajstić information content (AvgIpc) is 3.23. The van der Waals surface area contributed by atoms with Crippen molar-refractivity contribution < 1.29 is 9.47 Å². The number of fused-ring (bicyclic) bond motifs is 1. The highest BCUT2D eigenvalue weighted by Gasteiger charge is 2.27. The molecule has 3 aliphatic heterocycles. The van der Waals surface area contributed by atoms with E-state index in [1.807, 2.05) is 0 Å². The van der Waals surface area contributed by atoms with E-state index < -0.39 is 0 Å². The molecule has 2 aromatic carbocycles. The highest BCUT2D eigenvalue weighted by atomic mass is 32.2. The lowest BCUT2D eigenvalue weighted by Crippen LogP contribution is -2.32. The molecule has 0 radical (unpaired) electrons. The fourth-order valence-electron chi connectivity index (χ4n) is 4.53. The minimum atomic E-state index is 0.467. The van der Waals surface area contributed by atoms with Crippen LogP contribution in [0.3, 0.4) is 0 Å². The third kappa shape index (κ3) is 3.83. The highest BCUT2D eigenvalue weighted by molar-refractivity contribution is 7.99. The summed E-state index contributed by atoms with van der Waals surface area (Å²) in [4.78, 5) is 5.12. The van der Waals surface area contributed by atoms with Gasteiger partial charge in [-0.25, -0.2) is 0 Å². The van der Waals surface area contributed by atoms with Gasteiger partial charge in [-0.1, -0.05) is 18.2 Å². The van der Waals surface area contributed by atoms with Gasteiger partial charge in [-0.2, -0.15) is 11.8 Å². The molecule has 2 saturated heterocycles. The van der Waals surface area contributed by atoms with Gasteiger partial charge in [0.1, 0.15) is 13.2 Å². The predicted octanol–water partition coefficient (Wildman–Crippen LogP) is 4.35. The van der Waals surface area contributed by atoms with Crippen LogP contribution in [0.25, 0.3) is 0 Å². The lowest BCUT2D eigenvalue weighted by molar-refractivity contribution is 0.170. The van der Waals surface area contributed by atoms with Crippen LogP contribution in [0.5, 0.6) is 11.5 Å². The smallest absolute Gasteiger partial charge is 0.161 e. The molecule has 4 nitrogen and oxygen atoms in total. The van der Waals surface area contributed by atoms with Gasteiger partial charge >= 0.3 is 0 Å². The van der Waals surface area contributed by atoms with Gasteiger partial charge in [0, 0.05) is 42.9 Å². The zero-order valence-electron chi connectivity index (χ0n) is 16.3. The molecule has 3 heterocycles. The van der Waals surface area contributed by atoms with Crippen molar-refractivity contribution in [3.05, 3.63) is 53.6 Å². The molecular weight excluding hydrogens is 368 g/mol. The van der Waals surface area contributed by atoms with E-state index in [0.717, 1.165) is 24.6 Å². The monoisotopic (exact) mass is 396 g/mol. The summed E-state index contributed by atoms with van der Waals surface area (Å²) in [5.41, 5.74) is 4.12. The summed E-state index contributed by atoms with van der Waals surface area (Å²) in [5, 5.41) is 0. The quantitative estimate of drug-likeness (QED) is 0.765. The van der Waals surface area contributed by atoms with Crippen LogP contribution in [0.15, 0.2) is 42.5 Å². The van der Waals surface area contributed by atoms with Crippen LogP contribution in [-0.4, -0.2) is 49.3 Å². The molecule has 0 bridgehead atoms. The van der Waals surface area contributed by atoms with Crippen molar-refractivity contribution in [1.82, 2.24) is 4.90 Å². The third-order valence-corrected chi connectivity index (χ3v) is 6.96. The van der Waals surface area contributed by atoms with Gasteiger partial charge in [0.2, 0.25) is 0 Å². The molecule has 1 unspecified atom stereocenters. The van der Waals surface area contributed by atoms with Crippen molar-refractivity contribution in [1.29, 1.82) is 0 Å². The first-order chi connectivity index (χ1) is 13.9. The van der Waals surface area contributed by atoms with E-state index in [0.29, 0.717) is 19.3 Å². The number of likely N-dealkylation sites (tertiary alicyclic amines) is 1. The topological polar surface area (TPSA) is 24.9 Å². The fraction of sp³-hybridized carbons (Fsp3) is 0.478.